The van der Waals surface area contributed by atoms with Gasteiger partial charge in [0.05, 0.1) is 6.10 Å². The number of hydrogen-bond acceptors (Lipinski definition) is 3. The fourth-order valence-corrected chi connectivity index (χ4v) is 2.73. The number of carbonyl (C=O) groups excluding carboxylic acids is 1. The summed E-state index contributed by atoms with van der Waals surface area (Å²) in [5, 5.41) is 22.4. The number of aliphatic hydroxyl groups is 1. The van der Waals surface area contributed by atoms with Gasteiger partial charge in [0.1, 0.15) is 5.75 Å². The minimum atomic E-state index is -0.276. The number of phenolic OH excluding ortho intramolecular Hbond substituents is 1. The van der Waals surface area contributed by atoms with Crippen LogP contribution in [0.25, 0.3) is 0 Å². The van der Waals surface area contributed by atoms with Gasteiger partial charge in [-0.15, -0.1) is 0 Å². The number of hydrogen-bond donors (Lipinski definition) is 3. The topological polar surface area (TPSA) is 69.6 Å². The number of phenols is 1. The second-order valence-electron chi connectivity index (χ2n) is 5.54. The number of aryl methyl sites for hydroxylation is 1. The zero-order chi connectivity index (χ0) is 14.4. The molecule has 1 aromatic carbocycles. The summed E-state index contributed by atoms with van der Waals surface area (Å²) in [7, 11) is 0. The first-order valence-electron chi connectivity index (χ1n) is 7.38. The van der Waals surface area contributed by atoms with Gasteiger partial charge < -0.3 is 15.5 Å². The second kappa shape index (κ2) is 7.29. The number of aromatic hydroxyl groups is 1. The normalized spacial score (nSPS) is 22.4. The Morgan fingerprint density at radius 2 is 2.00 bits per heavy atom. The molecule has 1 amide bonds. The van der Waals surface area contributed by atoms with Gasteiger partial charge in [-0.3, -0.25) is 4.79 Å². The molecule has 0 spiro atoms. The van der Waals surface area contributed by atoms with Gasteiger partial charge in [0.15, 0.2) is 0 Å². The first kappa shape index (κ1) is 14.9. The number of benzene rings is 1. The quantitative estimate of drug-likeness (QED) is 0.771. The van der Waals surface area contributed by atoms with Crippen molar-refractivity contribution in [2.75, 3.05) is 6.54 Å². The van der Waals surface area contributed by atoms with Crippen LogP contribution in [0.1, 0.15) is 37.7 Å². The number of nitrogens with one attached hydrogen (secondary N) is 1. The lowest BCUT2D eigenvalue weighted by atomic mass is 9.86. The van der Waals surface area contributed by atoms with Gasteiger partial charge in [-0.25, -0.2) is 0 Å². The molecule has 0 aliphatic heterocycles. The third-order valence-electron chi connectivity index (χ3n) is 4.04. The smallest absolute Gasteiger partial charge is 0.220 e. The van der Waals surface area contributed by atoms with E-state index in [0.717, 1.165) is 31.2 Å². The molecule has 3 N–H and O–H groups in total. The Hall–Kier alpha value is -1.55. The van der Waals surface area contributed by atoms with E-state index in [9.17, 15) is 15.0 Å². The van der Waals surface area contributed by atoms with Crippen LogP contribution in [0.15, 0.2) is 24.3 Å². The van der Waals surface area contributed by atoms with Crippen molar-refractivity contribution < 1.29 is 15.0 Å². The zero-order valence-electron chi connectivity index (χ0n) is 11.7. The van der Waals surface area contributed by atoms with Crippen molar-refractivity contribution in [2.24, 2.45) is 5.92 Å². The van der Waals surface area contributed by atoms with Crippen LogP contribution in [0.5, 0.6) is 5.75 Å². The van der Waals surface area contributed by atoms with Crippen LogP contribution < -0.4 is 5.32 Å². The molecule has 0 bridgehead atoms. The molecule has 1 fully saturated rings. The van der Waals surface area contributed by atoms with Crippen molar-refractivity contribution >= 4 is 5.91 Å². The number of para-hydroxylation sites is 1. The highest BCUT2D eigenvalue weighted by atomic mass is 16.3. The van der Waals surface area contributed by atoms with E-state index in [-0.39, 0.29) is 23.7 Å². The third kappa shape index (κ3) is 4.23. The lowest BCUT2D eigenvalue weighted by Crippen LogP contribution is -2.36. The van der Waals surface area contributed by atoms with Gasteiger partial charge in [-0.2, -0.15) is 0 Å². The van der Waals surface area contributed by atoms with Crippen LogP contribution in [-0.4, -0.2) is 28.8 Å². The molecule has 2 rings (SSSR count). The van der Waals surface area contributed by atoms with E-state index in [1.165, 1.54) is 0 Å². The first-order chi connectivity index (χ1) is 9.66. The van der Waals surface area contributed by atoms with Crippen molar-refractivity contribution in [3.05, 3.63) is 29.8 Å². The molecule has 4 heteroatoms. The van der Waals surface area contributed by atoms with Crippen molar-refractivity contribution in [3.63, 3.8) is 0 Å². The van der Waals surface area contributed by atoms with Gasteiger partial charge in [0, 0.05) is 18.9 Å². The molecule has 110 valence electrons. The maximum Gasteiger partial charge on any atom is 0.220 e. The zero-order valence-corrected chi connectivity index (χ0v) is 11.7. The van der Waals surface area contributed by atoms with Crippen molar-refractivity contribution in [1.29, 1.82) is 0 Å². The molecular weight excluding hydrogens is 254 g/mol. The molecule has 1 saturated carbocycles. The lowest BCUT2D eigenvalue weighted by Gasteiger charge is -2.27. The van der Waals surface area contributed by atoms with Gasteiger partial charge in [-0.05, 0) is 30.9 Å². The highest BCUT2D eigenvalue weighted by Gasteiger charge is 2.23. The lowest BCUT2D eigenvalue weighted by molar-refractivity contribution is -0.121. The fraction of sp³-hybridized carbons (Fsp3) is 0.562. The van der Waals surface area contributed by atoms with Crippen LogP contribution in [0.2, 0.25) is 0 Å². The Labute approximate surface area is 119 Å². The molecule has 0 radical (unpaired) electrons. The molecule has 1 aliphatic carbocycles. The molecule has 2 unspecified atom stereocenters. The van der Waals surface area contributed by atoms with Crippen molar-refractivity contribution in [1.82, 2.24) is 5.32 Å². The number of carbonyl (C=O) groups is 1. The van der Waals surface area contributed by atoms with Gasteiger partial charge in [0.25, 0.3) is 0 Å². The predicted molar refractivity (Wildman–Crippen MR) is 77.4 cm³/mol. The van der Waals surface area contributed by atoms with Gasteiger partial charge in [0.2, 0.25) is 5.91 Å². The van der Waals surface area contributed by atoms with Crippen LogP contribution >= 0.6 is 0 Å². The average Bonchev–Trinajstić information content (AvgIpc) is 2.45. The van der Waals surface area contributed by atoms with E-state index >= 15 is 0 Å². The molecule has 1 aliphatic rings. The maximum atomic E-state index is 11.8. The summed E-state index contributed by atoms with van der Waals surface area (Å²) < 4.78 is 0. The minimum Gasteiger partial charge on any atom is -0.508 e. The van der Waals surface area contributed by atoms with E-state index < -0.39 is 0 Å². The Balaban J connectivity index is 1.71. The first-order valence-corrected chi connectivity index (χ1v) is 7.38. The maximum absolute atomic E-state index is 11.8. The summed E-state index contributed by atoms with van der Waals surface area (Å²) in [6.45, 7) is 0.556. The van der Waals surface area contributed by atoms with Crippen LogP contribution in [0.4, 0.5) is 0 Å². The highest BCUT2D eigenvalue weighted by Crippen LogP contribution is 2.23. The van der Waals surface area contributed by atoms with Crippen LogP contribution in [0.3, 0.4) is 0 Å². The average molecular weight is 277 g/mol. The Morgan fingerprint density at radius 3 is 2.75 bits per heavy atom. The molecule has 2 atom stereocenters. The molecule has 0 heterocycles. The monoisotopic (exact) mass is 277 g/mol. The minimum absolute atomic E-state index is 0.0222. The number of amides is 1. The van der Waals surface area contributed by atoms with E-state index in [0.29, 0.717) is 19.4 Å². The Morgan fingerprint density at radius 1 is 1.25 bits per heavy atom. The molecule has 0 aromatic heterocycles. The van der Waals surface area contributed by atoms with Gasteiger partial charge in [-0.1, -0.05) is 31.0 Å². The largest absolute Gasteiger partial charge is 0.508 e. The van der Waals surface area contributed by atoms with Gasteiger partial charge >= 0.3 is 0 Å². The van der Waals surface area contributed by atoms with Crippen molar-refractivity contribution in [2.45, 2.75) is 44.6 Å². The van der Waals surface area contributed by atoms with Crippen LogP contribution in [-0.2, 0) is 11.2 Å². The molecule has 4 nitrogen and oxygen atoms in total. The Bertz CT molecular complexity index is 447. The number of aliphatic hydroxyl groups excluding tert-OH is 1. The van der Waals surface area contributed by atoms with E-state index in [1.54, 1.807) is 12.1 Å². The fourth-order valence-electron chi connectivity index (χ4n) is 2.73. The SMILES string of the molecule is O=C(CCc1ccccc1O)NCC1CCCCC1O. The molecule has 20 heavy (non-hydrogen) atoms. The molecule has 0 saturated heterocycles. The van der Waals surface area contributed by atoms with E-state index in [4.69, 9.17) is 0 Å². The summed E-state index contributed by atoms with van der Waals surface area (Å²) in [6.07, 6.45) is 4.67. The molecular formula is C16H23NO3. The van der Waals surface area contributed by atoms with Crippen LogP contribution in [0, 0.1) is 5.92 Å². The summed E-state index contributed by atoms with van der Waals surface area (Å²) in [4.78, 5) is 11.8. The predicted octanol–water partition coefficient (Wildman–Crippen LogP) is 1.99. The highest BCUT2D eigenvalue weighted by molar-refractivity contribution is 5.76. The standard InChI is InChI=1S/C16H23NO3/c18-14-7-3-1-5-12(14)9-10-16(20)17-11-13-6-2-4-8-15(13)19/h1,3,5,7,13,15,18-19H,2,4,6,8-11H2,(H,17,20). The summed E-state index contributed by atoms with van der Waals surface area (Å²) in [5.74, 6) is 0.409. The van der Waals surface area contributed by atoms with E-state index in [2.05, 4.69) is 5.32 Å². The Kier molecular flexibility index (Phi) is 5.41. The van der Waals surface area contributed by atoms with E-state index in [1.807, 2.05) is 12.1 Å². The summed E-state index contributed by atoms with van der Waals surface area (Å²) >= 11 is 0. The molecule has 1 aromatic rings. The van der Waals surface area contributed by atoms with Crippen molar-refractivity contribution in [3.8, 4) is 5.75 Å². The number of rotatable bonds is 5. The summed E-state index contributed by atoms with van der Waals surface area (Å²) in [6, 6.07) is 7.08. The summed E-state index contributed by atoms with van der Waals surface area (Å²) in [5.41, 5.74) is 0.792. The second-order valence-corrected chi connectivity index (χ2v) is 5.54. The third-order valence-corrected chi connectivity index (χ3v) is 4.04.